The van der Waals surface area contributed by atoms with Gasteiger partial charge in [-0.3, -0.25) is 9.78 Å². The first-order chi connectivity index (χ1) is 11.4. The molecule has 0 aliphatic carbocycles. The maximum absolute atomic E-state index is 11.9. The molecule has 0 aliphatic heterocycles. The number of hydrogen-bond acceptors (Lipinski definition) is 4. The average Bonchev–Trinajstić information content (AvgIpc) is 2.56. The van der Waals surface area contributed by atoms with Crippen LogP contribution in [0.25, 0.3) is 0 Å². The maximum Gasteiger partial charge on any atom is 0.271 e. The lowest BCUT2D eigenvalue weighted by Gasteiger charge is -2.16. The summed E-state index contributed by atoms with van der Waals surface area (Å²) in [5, 5.41) is 14.4. The highest BCUT2D eigenvalue weighted by atomic mass is 16.3. The van der Waals surface area contributed by atoms with Gasteiger partial charge in [0, 0.05) is 18.0 Å². The zero-order valence-corrected chi connectivity index (χ0v) is 14.4. The monoisotopic (exact) mass is 325 g/mol. The van der Waals surface area contributed by atoms with E-state index in [0.717, 1.165) is 16.7 Å². The van der Waals surface area contributed by atoms with Crippen molar-refractivity contribution < 1.29 is 9.90 Å². The van der Waals surface area contributed by atoms with Crippen LogP contribution >= 0.6 is 0 Å². The lowest BCUT2D eigenvalue weighted by molar-refractivity contribution is 0.0955. The number of carbonyl (C=O) groups is 1. The molecule has 1 amide bonds. The summed E-state index contributed by atoms with van der Waals surface area (Å²) in [4.78, 5) is 15.8. The minimum Gasteiger partial charge on any atom is -0.507 e. The van der Waals surface area contributed by atoms with E-state index in [1.54, 1.807) is 30.7 Å². The van der Waals surface area contributed by atoms with Crippen molar-refractivity contribution in [2.24, 2.45) is 5.10 Å². The standard InChI is InChI=1S/C19H23N3O2/c1-12(2)16-9-14(10-17(13(3)4)18(16)23)11-21-22-19(24)15-5-7-20-8-6-15/h5-13,23H,1-4H3,(H,22,24)/b21-11-. The summed E-state index contributed by atoms with van der Waals surface area (Å²) in [5.74, 6) is 0.447. The molecule has 1 aromatic carbocycles. The molecule has 0 saturated carbocycles. The number of hydrogen-bond donors (Lipinski definition) is 2. The number of aromatic nitrogens is 1. The number of phenolic OH excluding ortho intramolecular Hbond substituents is 1. The Morgan fingerprint density at radius 2 is 1.67 bits per heavy atom. The Labute approximate surface area is 142 Å². The first-order valence-electron chi connectivity index (χ1n) is 8.00. The van der Waals surface area contributed by atoms with Crippen molar-refractivity contribution in [3.63, 3.8) is 0 Å². The van der Waals surface area contributed by atoms with Crippen molar-refractivity contribution in [3.05, 3.63) is 58.9 Å². The second-order valence-electron chi connectivity index (χ2n) is 6.29. The first kappa shape index (κ1) is 17.7. The van der Waals surface area contributed by atoms with E-state index in [-0.39, 0.29) is 17.7 Å². The molecule has 24 heavy (non-hydrogen) atoms. The Kier molecular flexibility index (Phi) is 5.68. The lowest BCUT2D eigenvalue weighted by Crippen LogP contribution is -2.17. The van der Waals surface area contributed by atoms with E-state index in [4.69, 9.17) is 0 Å². The number of carbonyl (C=O) groups excluding carboxylic acids is 1. The number of aromatic hydroxyl groups is 1. The Morgan fingerprint density at radius 1 is 1.12 bits per heavy atom. The van der Waals surface area contributed by atoms with E-state index in [1.807, 2.05) is 39.8 Å². The van der Waals surface area contributed by atoms with Crippen molar-refractivity contribution in [2.75, 3.05) is 0 Å². The quantitative estimate of drug-likeness (QED) is 0.648. The van der Waals surface area contributed by atoms with Gasteiger partial charge in [-0.2, -0.15) is 5.10 Å². The molecular weight excluding hydrogens is 302 g/mol. The maximum atomic E-state index is 11.9. The van der Waals surface area contributed by atoms with Crippen molar-refractivity contribution in [1.82, 2.24) is 10.4 Å². The number of nitrogens with one attached hydrogen (secondary N) is 1. The Balaban J connectivity index is 2.21. The summed E-state index contributed by atoms with van der Waals surface area (Å²) in [6, 6.07) is 7.04. The Hall–Kier alpha value is -2.69. The predicted molar refractivity (Wildman–Crippen MR) is 95.6 cm³/mol. The third-order valence-electron chi connectivity index (χ3n) is 3.76. The van der Waals surface area contributed by atoms with Crippen molar-refractivity contribution in [1.29, 1.82) is 0 Å². The molecule has 1 aromatic heterocycles. The molecule has 2 aromatic rings. The van der Waals surface area contributed by atoms with Gasteiger partial charge in [0.15, 0.2) is 0 Å². The number of nitrogens with zero attached hydrogens (tertiary/aromatic N) is 2. The Morgan fingerprint density at radius 3 is 2.17 bits per heavy atom. The van der Waals surface area contributed by atoms with E-state index in [9.17, 15) is 9.90 Å². The van der Waals surface area contributed by atoms with E-state index >= 15 is 0 Å². The van der Waals surface area contributed by atoms with Crippen LogP contribution in [0.4, 0.5) is 0 Å². The van der Waals surface area contributed by atoms with Gasteiger partial charge in [0.2, 0.25) is 0 Å². The van der Waals surface area contributed by atoms with Crippen molar-refractivity contribution in [2.45, 2.75) is 39.5 Å². The first-order valence-corrected chi connectivity index (χ1v) is 8.00. The van der Waals surface area contributed by atoms with Crippen LogP contribution in [0.15, 0.2) is 41.8 Å². The molecule has 0 fully saturated rings. The van der Waals surface area contributed by atoms with Gasteiger partial charge in [0.25, 0.3) is 5.91 Å². The van der Waals surface area contributed by atoms with E-state index in [0.29, 0.717) is 11.3 Å². The van der Waals surface area contributed by atoms with Gasteiger partial charge in [0.1, 0.15) is 5.75 Å². The minimum absolute atomic E-state index is 0.197. The molecule has 0 radical (unpaired) electrons. The fourth-order valence-corrected chi connectivity index (χ4v) is 2.39. The summed E-state index contributed by atoms with van der Waals surface area (Å²) >= 11 is 0. The van der Waals surface area contributed by atoms with Crippen molar-refractivity contribution >= 4 is 12.1 Å². The SMILES string of the molecule is CC(C)c1cc(/C=N\NC(=O)c2ccncc2)cc(C(C)C)c1O. The van der Waals surface area contributed by atoms with E-state index in [1.165, 1.54) is 0 Å². The molecule has 2 N–H and O–H groups in total. The van der Waals surface area contributed by atoms with Crippen LogP contribution in [-0.2, 0) is 0 Å². The average molecular weight is 325 g/mol. The van der Waals surface area contributed by atoms with Gasteiger partial charge < -0.3 is 5.11 Å². The number of benzene rings is 1. The highest BCUT2D eigenvalue weighted by Crippen LogP contribution is 2.34. The van der Waals surface area contributed by atoms with Crippen LogP contribution in [0.5, 0.6) is 5.75 Å². The number of hydrazone groups is 1. The predicted octanol–water partition coefficient (Wildman–Crippen LogP) is 3.80. The lowest BCUT2D eigenvalue weighted by atomic mass is 9.92. The summed E-state index contributed by atoms with van der Waals surface area (Å²) in [6.07, 6.45) is 4.71. The fraction of sp³-hybridized carbons (Fsp3) is 0.316. The highest BCUT2D eigenvalue weighted by Gasteiger charge is 2.14. The molecule has 0 atom stereocenters. The number of phenols is 1. The van der Waals surface area contributed by atoms with Crippen LogP contribution in [-0.4, -0.2) is 22.2 Å². The molecule has 0 aliphatic rings. The summed E-state index contributed by atoms with van der Waals surface area (Å²) < 4.78 is 0. The van der Waals surface area contributed by atoms with Gasteiger partial charge in [-0.05, 0) is 52.8 Å². The van der Waals surface area contributed by atoms with Crippen LogP contribution in [0.2, 0.25) is 0 Å². The third-order valence-corrected chi connectivity index (χ3v) is 3.76. The van der Waals surface area contributed by atoms with Gasteiger partial charge >= 0.3 is 0 Å². The minimum atomic E-state index is -0.291. The topological polar surface area (TPSA) is 74.6 Å². The largest absolute Gasteiger partial charge is 0.507 e. The van der Waals surface area contributed by atoms with Crippen LogP contribution in [0.3, 0.4) is 0 Å². The van der Waals surface area contributed by atoms with Gasteiger partial charge in [0.05, 0.1) is 6.21 Å². The Bertz CT molecular complexity index is 709. The fourth-order valence-electron chi connectivity index (χ4n) is 2.39. The summed E-state index contributed by atoms with van der Waals surface area (Å²) in [6.45, 7) is 8.13. The second-order valence-corrected chi connectivity index (χ2v) is 6.29. The van der Waals surface area contributed by atoms with Crippen LogP contribution in [0, 0.1) is 0 Å². The zero-order valence-electron chi connectivity index (χ0n) is 14.4. The second kappa shape index (κ2) is 7.73. The molecule has 5 nitrogen and oxygen atoms in total. The number of amides is 1. The summed E-state index contributed by atoms with van der Waals surface area (Å²) in [5.41, 5.74) is 5.60. The smallest absolute Gasteiger partial charge is 0.271 e. The third kappa shape index (κ3) is 4.19. The molecule has 0 bridgehead atoms. The van der Waals surface area contributed by atoms with Gasteiger partial charge in [-0.25, -0.2) is 5.43 Å². The molecule has 0 saturated heterocycles. The normalized spacial score (nSPS) is 11.4. The number of pyridine rings is 1. The molecule has 2 rings (SSSR count). The number of rotatable bonds is 5. The molecule has 0 unspecified atom stereocenters. The molecular formula is C19H23N3O2. The molecule has 126 valence electrons. The highest BCUT2D eigenvalue weighted by molar-refractivity contribution is 5.94. The van der Waals surface area contributed by atoms with E-state index < -0.39 is 0 Å². The molecule has 5 heteroatoms. The zero-order chi connectivity index (χ0) is 17.7. The summed E-state index contributed by atoms with van der Waals surface area (Å²) in [7, 11) is 0. The molecule has 0 spiro atoms. The van der Waals surface area contributed by atoms with Gasteiger partial charge in [-0.1, -0.05) is 27.7 Å². The van der Waals surface area contributed by atoms with Crippen LogP contribution < -0.4 is 5.43 Å². The van der Waals surface area contributed by atoms with Crippen LogP contribution in [0.1, 0.15) is 66.6 Å². The van der Waals surface area contributed by atoms with Crippen molar-refractivity contribution in [3.8, 4) is 5.75 Å². The molecule has 1 heterocycles. The van der Waals surface area contributed by atoms with E-state index in [2.05, 4.69) is 15.5 Å². The van der Waals surface area contributed by atoms with Gasteiger partial charge in [-0.15, -0.1) is 0 Å².